The summed E-state index contributed by atoms with van der Waals surface area (Å²) in [5.41, 5.74) is 7.48. The van der Waals surface area contributed by atoms with Crippen LogP contribution in [0.5, 0.6) is 0 Å². The molecule has 3 aromatic carbocycles. The summed E-state index contributed by atoms with van der Waals surface area (Å²) in [6.07, 6.45) is 2.99. The predicted molar refractivity (Wildman–Crippen MR) is 132 cm³/mol. The van der Waals surface area contributed by atoms with Gasteiger partial charge in [0, 0.05) is 29.4 Å². The predicted octanol–water partition coefficient (Wildman–Crippen LogP) is 6.01. The van der Waals surface area contributed by atoms with Crippen molar-refractivity contribution in [1.29, 1.82) is 0 Å². The van der Waals surface area contributed by atoms with Crippen LogP contribution in [-0.2, 0) is 0 Å². The fourth-order valence-electron chi connectivity index (χ4n) is 3.47. The Morgan fingerprint density at radius 1 is 1.03 bits per heavy atom. The summed E-state index contributed by atoms with van der Waals surface area (Å²) in [7, 11) is 1.50. The van der Waals surface area contributed by atoms with Crippen LogP contribution >= 0.6 is 34.8 Å². The molecule has 6 nitrogen and oxygen atoms in total. The van der Waals surface area contributed by atoms with E-state index < -0.39 is 17.6 Å². The summed E-state index contributed by atoms with van der Waals surface area (Å²) in [6, 6.07) is 13.8. The van der Waals surface area contributed by atoms with Crippen molar-refractivity contribution in [3.63, 3.8) is 0 Å². The maximum atomic E-state index is 14.4. The second kappa shape index (κ2) is 9.46. The largest absolute Gasteiger partial charge is 0.366 e. The number of aromatic nitrogens is 2. The highest BCUT2D eigenvalue weighted by molar-refractivity contribution is 6.35. The third kappa shape index (κ3) is 4.50. The lowest BCUT2D eigenvalue weighted by molar-refractivity contribution is 0.0985. The van der Waals surface area contributed by atoms with Gasteiger partial charge in [-0.2, -0.15) is 5.10 Å². The highest BCUT2D eigenvalue weighted by atomic mass is 35.5. The van der Waals surface area contributed by atoms with Crippen LogP contribution in [0.3, 0.4) is 0 Å². The lowest BCUT2D eigenvalue weighted by Gasteiger charge is -2.22. The standard InChI is InChI=1S/C24H16Cl3FN4O2/c1-31(24(34)22-18(27)3-2-4-19(22)28)20-8-6-13(10-21(20)32-12-15(25)11-30-32)16-9-14(23(29)33)5-7-17(16)26/h2-12H,1H3,(H2,29,33). The van der Waals surface area contributed by atoms with Gasteiger partial charge in [-0.15, -0.1) is 0 Å². The van der Waals surface area contributed by atoms with Crippen molar-refractivity contribution in [2.24, 2.45) is 5.73 Å². The topological polar surface area (TPSA) is 81.2 Å². The molecule has 0 atom stereocenters. The molecule has 10 heteroatoms. The lowest BCUT2D eigenvalue weighted by atomic mass is 10.0. The van der Waals surface area contributed by atoms with E-state index in [2.05, 4.69) is 5.10 Å². The van der Waals surface area contributed by atoms with E-state index in [-0.39, 0.29) is 16.1 Å². The number of carbonyl (C=O) groups is 2. The first-order chi connectivity index (χ1) is 16.2. The number of hydrogen-bond acceptors (Lipinski definition) is 3. The molecule has 2 N–H and O–H groups in total. The highest BCUT2D eigenvalue weighted by Gasteiger charge is 2.24. The average molecular weight is 518 g/mol. The molecule has 4 rings (SSSR count). The molecule has 2 amide bonds. The molecule has 172 valence electrons. The molecule has 0 radical (unpaired) electrons. The van der Waals surface area contributed by atoms with Crippen molar-refractivity contribution in [3.05, 3.63) is 99.0 Å². The summed E-state index contributed by atoms with van der Waals surface area (Å²) >= 11 is 18.6. The van der Waals surface area contributed by atoms with Gasteiger partial charge in [0.15, 0.2) is 0 Å². The molecule has 0 aliphatic carbocycles. The molecule has 1 aromatic heterocycles. The number of hydrogen-bond donors (Lipinski definition) is 1. The first-order valence-electron chi connectivity index (χ1n) is 9.83. The van der Waals surface area contributed by atoms with E-state index in [9.17, 15) is 14.0 Å². The Labute approximate surface area is 209 Å². The Morgan fingerprint density at radius 3 is 2.44 bits per heavy atom. The third-order valence-corrected chi connectivity index (χ3v) is 6.02. The van der Waals surface area contributed by atoms with Crippen LogP contribution in [0.1, 0.15) is 20.7 Å². The van der Waals surface area contributed by atoms with Crippen LogP contribution < -0.4 is 10.6 Å². The van der Waals surface area contributed by atoms with E-state index in [1.165, 1.54) is 41.0 Å². The minimum Gasteiger partial charge on any atom is -0.366 e. The quantitative estimate of drug-likeness (QED) is 0.352. The zero-order valence-corrected chi connectivity index (χ0v) is 19.9. The van der Waals surface area contributed by atoms with Crippen molar-refractivity contribution < 1.29 is 14.0 Å². The number of primary amides is 1. The smallest absolute Gasteiger partial charge is 0.262 e. The number of anilines is 1. The Bertz CT molecular complexity index is 1420. The van der Waals surface area contributed by atoms with Crippen LogP contribution in [0.2, 0.25) is 15.1 Å². The fraction of sp³-hybridized carbons (Fsp3) is 0.0417. The van der Waals surface area contributed by atoms with Crippen molar-refractivity contribution >= 4 is 52.3 Å². The van der Waals surface area contributed by atoms with Crippen LogP contribution in [0, 0.1) is 5.82 Å². The number of benzene rings is 3. The number of carbonyl (C=O) groups excluding carboxylic acids is 2. The molecular weight excluding hydrogens is 502 g/mol. The average Bonchev–Trinajstić information content (AvgIpc) is 3.24. The van der Waals surface area contributed by atoms with Crippen LogP contribution in [0.15, 0.2) is 67.0 Å². The van der Waals surface area contributed by atoms with Gasteiger partial charge in [0.25, 0.3) is 5.91 Å². The number of rotatable bonds is 5. The molecule has 0 bridgehead atoms. The van der Waals surface area contributed by atoms with Gasteiger partial charge in [0.1, 0.15) is 5.82 Å². The second-order valence-corrected chi connectivity index (χ2v) is 8.58. The minimum atomic E-state index is -0.736. The molecule has 0 saturated heterocycles. The van der Waals surface area contributed by atoms with Crippen molar-refractivity contribution in [1.82, 2.24) is 9.78 Å². The monoisotopic (exact) mass is 516 g/mol. The number of nitrogens with zero attached hydrogens (tertiary/aromatic N) is 3. The van der Waals surface area contributed by atoms with Gasteiger partial charge in [-0.25, -0.2) is 9.07 Å². The second-order valence-electron chi connectivity index (χ2n) is 7.33. The maximum absolute atomic E-state index is 14.4. The Kier molecular flexibility index (Phi) is 6.61. The summed E-state index contributed by atoms with van der Waals surface area (Å²) < 4.78 is 15.9. The van der Waals surface area contributed by atoms with Crippen LogP contribution in [-0.4, -0.2) is 28.6 Å². The number of nitrogens with two attached hydrogens (primary N) is 1. The van der Waals surface area contributed by atoms with Gasteiger partial charge < -0.3 is 10.6 Å². The zero-order valence-electron chi connectivity index (χ0n) is 17.6. The van der Waals surface area contributed by atoms with Gasteiger partial charge in [-0.05, 0) is 48.0 Å². The molecule has 0 unspecified atom stereocenters. The maximum Gasteiger partial charge on any atom is 0.262 e. The van der Waals surface area contributed by atoms with Gasteiger partial charge in [0.2, 0.25) is 5.91 Å². The van der Waals surface area contributed by atoms with Gasteiger partial charge in [0.05, 0.1) is 33.2 Å². The normalized spacial score (nSPS) is 10.9. The molecule has 0 aliphatic heterocycles. The van der Waals surface area contributed by atoms with Gasteiger partial charge >= 0.3 is 0 Å². The summed E-state index contributed by atoms with van der Waals surface area (Å²) in [6.45, 7) is 0. The Balaban J connectivity index is 1.87. The van der Waals surface area contributed by atoms with E-state index in [0.29, 0.717) is 32.5 Å². The molecule has 1 heterocycles. The lowest BCUT2D eigenvalue weighted by Crippen LogP contribution is -2.28. The molecule has 34 heavy (non-hydrogen) atoms. The van der Waals surface area contributed by atoms with Crippen LogP contribution in [0.4, 0.5) is 10.1 Å². The third-order valence-electron chi connectivity index (χ3n) is 5.18. The molecule has 0 aliphatic rings. The first-order valence-corrected chi connectivity index (χ1v) is 11.0. The summed E-state index contributed by atoms with van der Waals surface area (Å²) in [4.78, 5) is 26.1. The Morgan fingerprint density at radius 2 is 1.79 bits per heavy atom. The summed E-state index contributed by atoms with van der Waals surface area (Å²) in [5.74, 6) is -1.98. The van der Waals surface area contributed by atoms with E-state index >= 15 is 0 Å². The van der Waals surface area contributed by atoms with E-state index in [1.54, 1.807) is 36.5 Å². The molecule has 0 saturated carbocycles. The van der Waals surface area contributed by atoms with E-state index in [4.69, 9.17) is 40.5 Å². The fourth-order valence-corrected chi connectivity index (χ4v) is 4.08. The number of halogens is 4. The first kappa shape index (κ1) is 23.8. The van der Waals surface area contributed by atoms with E-state index in [0.717, 1.165) is 6.07 Å². The number of amides is 2. The van der Waals surface area contributed by atoms with Crippen molar-refractivity contribution in [2.45, 2.75) is 0 Å². The molecule has 0 spiro atoms. The van der Waals surface area contributed by atoms with Gasteiger partial charge in [-0.3, -0.25) is 9.59 Å². The minimum absolute atomic E-state index is 0.00722. The van der Waals surface area contributed by atoms with Crippen molar-refractivity contribution in [2.75, 3.05) is 11.9 Å². The summed E-state index contributed by atoms with van der Waals surface area (Å²) in [5, 5.41) is 5.00. The molecule has 0 fully saturated rings. The van der Waals surface area contributed by atoms with E-state index in [1.807, 2.05) is 0 Å². The Hall–Kier alpha value is -3.39. The molecular formula is C24H16Cl3FN4O2. The van der Waals surface area contributed by atoms with Crippen molar-refractivity contribution in [3.8, 4) is 16.8 Å². The zero-order chi connectivity index (χ0) is 24.6. The van der Waals surface area contributed by atoms with Crippen LogP contribution in [0.25, 0.3) is 16.8 Å². The highest BCUT2D eigenvalue weighted by Crippen LogP contribution is 2.35. The SMILES string of the molecule is CN(C(=O)c1c(F)cccc1Cl)c1ccc(-c2cc(C(N)=O)ccc2Cl)cc1-n1cc(Cl)cn1. The van der Waals surface area contributed by atoms with Gasteiger partial charge in [-0.1, -0.05) is 46.9 Å². The molecule has 4 aromatic rings.